The monoisotopic (exact) mass is 275 g/mol. The summed E-state index contributed by atoms with van der Waals surface area (Å²) in [5, 5.41) is 0.312. The number of amides is 2. The van der Waals surface area contributed by atoms with Crippen molar-refractivity contribution < 1.29 is 32.2 Å². The third-order valence-corrected chi connectivity index (χ3v) is 2.48. The molecule has 1 fully saturated rings. The Balaban J connectivity index is 0.00000256. The summed E-state index contributed by atoms with van der Waals surface area (Å²) in [7, 11) is -4.27. The first-order chi connectivity index (χ1) is 7.29. The van der Waals surface area contributed by atoms with Gasteiger partial charge in [-0.25, -0.2) is 4.79 Å². The molecule has 1 aliphatic heterocycles. The second-order valence-corrected chi connectivity index (χ2v) is 4.65. The predicted molar refractivity (Wildman–Crippen MR) is 55.4 cm³/mol. The van der Waals surface area contributed by atoms with E-state index in [2.05, 4.69) is 4.84 Å². The van der Waals surface area contributed by atoms with Gasteiger partial charge in [-0.15, -0.1) is 5.06 Å². The number of hydroxylamine groups is 2. The van der Waals surface area contributed by atoms with E-state index in [1.165, 1.54) is 0 Å². The van der Waals surface area contributed by atoms with Crippen molar-refractivity contribution >= 4 is 57.5 Å². The van der Waals surface area contributed by atoms with Crippen LogP contribution >= 0.6 is 0 Å². The Kier molecular flexibility index (Phi) is 6.27. The second-order valence-electron chi connectivity index (χ2n) is 3.08. The molecular weight excluding hydrogens is 265 g/mol. The summed E-state index contributed by atoms with van der Waals surface area (Å²) in [5.74, 6) is -3.18. The zero-order valence-corrected chi connectivity index (χ0v) is 8.90. The van der Waals surface area contributed by atoms with Crippen molar-refractivity contribution in [2.24, 2.45) is 0 Å². The van der Waals surface area contributed by atoms with Crippen LogP contribution in [-0.4, -0.2) is 71.1 Å². The van der Waals surface area contributed by atoms with Gasteiger partial charge in [0.25, 0.3) is 21.9 Å². The fourth-order valence-electron chi connectivity index (χ4n) is 1.02. The van der Waals surface area contributed by atoms with Crippen molar-refractivity contribution in [1.82, 2.24) is 5.06 Å². The fourth-order valence-corrected chi connectivity index (χ4v) is 1.44. The quantitative estimate of drug-likeness (QED) is 0.366. The average Bonchev–Trinajstić information content (AvgIpc) is 2.45. The molecule has 2 amide bonds. The summed E-state index contributed by atoms with van der Waals surface area (Å²) < 4.78 is 29.0. The van der Waals surface area contributed by atoms with Crippen molar-refractivity contribution in [3.05, 3.63) is 0 Å². The molecule has 0 aromatic carbocycles. The van der Waals surface area contributed by atoms with Crippen LogP contribution in [0.2, 0.25) is 0 Å². The van der Waals surface area contributed by atoms with E-state index in [4.69, 9.17) is 4.55 Å². The van der Waals surface area contributed by atoms with Crippen molar-refractivity contribution in [3.63, 3.8) is 0 Å². The summed E-state index contributed by atoms with van der Waals surface area (Å²) >= 11 is 0. The van der Waals surface area contributed by atoms with Crippen molar-refractivity contribution in [2.45, 2.75) is 19.3 Å². The molecule has 0 bridgehead atoms. The standard InChI is InChI=1S/C7H9NO7S.Na.H/c9-5-1-2-6(10)8(5)15-7(11)3-4-16(12,13)14;;/h1-4H2,(H,12,13,14);;. The Morgan fingerprint density at radius 3 is 2.18 bits per heavy atom. The topological polar surface area (TPSA) is 118 Å². The molecule has 1 N–H and O–H groups in total. The summed E-state index contributed by atoms with van der Waals surface area (Å²) in [4.78, 5) is 37.3. The summed E-state index contributed by atoms with van der Waals surface area (Å²) in [6, 6.07) is 0. The first-order valence-corrected chi connectivity index (χ1v) is 5.92. The number of nitrogens with zero attached hydrogens (tertiary/aromatic N) is 1. The molecule has 10 heteroatoms. The van der Waals surface area contributed by atoms with Crippen LogP contribution in [0.1, 0.15) is 19.3 Å². The van der Waals surface area contributed by atoms with E-state index in [1.54, 1.807) is 0 Å². The molecule has 0 aromatic heterocycles. The van der Waals surface area contributed by atoms with E-state index < -0.39 is 40.1 Å². The van der Waals surface area contributed by atoms with Gasteiger partial charge < -0.3 is 4.84 Å². The molecule has 0 spiro atoms. The third-order valence-electron chi connectivity index (χ3n) is 1.76. The zero-order chi connectivity index (χ0) is 12.3. The van der Waals surface area contributed by atoms with Gasteiger partial charge in [0, 0.05) is 12.8 Å². The second kappa shape index (κ2) is 6.45. The van der Waals surface area contributed by atoms with Gasteiger partial charge in [-0.2, -0.15) is 8.42 Å². The molecule has 0 radical (unpaired) electrons. The predicted octanol–water partition coefficient (Wildman–Crippen LogP) is -1.78. The van der Waals surface area contributed by atoms with E-state index in [0.717, 1.165) is 0 Å². The maximum absolute atomic E-state index is 11.0. The van der Waals surface area contributed by atoms with Crippen molar-refractivity contribution in [2.75, 3.05) is 5.75 Å². The van der Waals surface area contributed by atoms with E-state index in [1.807, 2.05) is 0 Å². The molecule has 0 atom stereocenters. The van der Waals surface area contributed by atoms with Gasteiger partial charge in [0.15, 0.2) is 0 Å². The minimum absolute atomic E-state index is 0. The van der Waals surface area contributed by atoms with Gasteiger partial charge >= 0.3 is 35.5 Å². The Labute approximate surface area is 119 Å². The number of carbonyl (C=O) groups is 3. The number of hydrogen-bond acceptors (Lipinski definition) is 6. The van der Waals surface area contributed by atoms with Crippen LogP contribution in [0.5, 0.6) is 0 Å². The Hall–Kier alpha value is -0.480. The molecule has 1 heterocycles. The number of imide groups is 1. The normalized spacial score (nSPS) is 15.7. The first-order valence-electron chi connectivity index (χ1n) is 4.31. The molecule has 0 saturated carbocycles. The van der Waals surface area contributed by atoms with Crippen LogP contribution in [-0.2, 0) is 29.3 Å². The summed E-state index contributed by atoms with van der Waals surface area (Å²) in [6.45, 7) is 0. The Morgan fingerprint density at radius 2 is 1.76 bits per heavy atom. The van der Waals surface area contributed by atoms with Crippen LogP contribution in [0.4, 0.5) is 0 Å². The van der Waals surface area contributed by atoms with E-state index in [-0.39, 0.29) is 42.4 Å². The third kappa shape index (κ3) is 5.59. The molecule has 1 saturated heterocycles. The summed E-state index contributed by atoms with van der Waals surface area (Å²) in [6.07, 6.45) is -0.704. The molecule has 1 aliphatic rings. The van der Waals surface area contributed by atoms with E-state index in [0.29, 0.717) is 5.06 Å². The van der Waals surface area contributed by atoms with Crippen LogP contribution in [0.3, 0.4) is 0 Å². The van der Waals surface area contributed by atoms with Crippen LogP contribution in [0, 0.1) is 0 Å². The Bertz CT molecular complexity index is 416. The minimum atomic E-state index is -4.27. The molecule has 8 nitrogen and oxygen atoms in total. The van der Waals surface area contributed by atoms with E-state index >= 15 is 0 Å². The van der Waals surface area contributed by atoms with Crippen LogP contribution in [0.25, 0.3) is 0 Å². The molecular formula is C7H10NNaO7S. The van der Waals surface area contributed by atoms with Gasteiger partial charge in [-0.05, 0) is 0 Å². The SMILES string of the molecule is O=C(CCS(=O)(=O)O)ON1C(=O)CCC1=O.[NaH]. The van der Waals surface area contributed by atoms with E-state index in [9.17, 15) is 22.8 Å². The number of hydrogen-bond donors (Lipinski definition) is 1. The molecule has 1 rings (SSSR count). The molecule has 0 aromatic rings. The molecule has 0 aliphatic carbocycles. The molecule has 17 heavy (non-hydrogen) atoms. The fraction of sp³-hybridized carbons (Fsp3) is 0.571. The number of rotatable bonds is 4. The van der Waals surface area contributed by atoms with Gasteiger partial charge in [0.1, 0.15) is 0 Å². The number of carbonyl (C=O) groups excluding carboxylic acids is 3. The van der Waals surface area contributed by atoms with Crippen LogP contribution in [0.15, 0.2) is 0 Å². The first kappa shape index (κ1) is 16.5. The molecule has 92 valence electrons. The van der Waals surface area contributed by atoms with Gasteiger partial charge in [-0.3, -0.25) is 14.1 Å². The zero-order valence-electron chi connectivity index (χ0n) is 8.08. The Morgan fingerprint density at radius 1 is 1.29 bits per heavy atom. The van der Waals surface area contributed by atoms with Crippen LogP contribution < -0.4 is 0 Å². The van der Waals surface area contributed by atoms with Crippen molar-refractivity contribution in [3.8, 4) is 0 Å². The van der Waals surface area contributed by atoms with Crippen molar-refractivity contribution in [1.29, 1.82) is 0 Å². The van der Waals surface area contributed by atoms with Gasteiger partial charge in [0.05, 0.1) is 12.2 Å². The van der Waals surface area contributed by atoms with Gasteiger partial charge in [0.2, 0.25) is 0 Å². The summed E-state index contributed by atoms with van der Waals surface area (Å²) in [5.41, 5.74) is 0. The molecule has 0 unspecified atom stereocenters. The van der Waals surface area contributed by atoms with Gasteiger partial charge in [-0.1, -0.05) is 0 Å². The average molecular weight is 275 g/mol. The maximum atomic E-state index is 11.0.